The quantitative estimate of drug-likeness (QED) is 0.375. The summed E-state index contributed by atoms with van der Waals surface area (Å²) in [5.41, 5.74) is 0. The summed E-state index contributed by atoms with van der Waals surface area (Å²) in [4.78, 5) is 10.3. The summed E-state index contributed by atoms with van der Waals surface area (Å²) in [5.74, 6) is 0. The Morgan fingerprint density at radius 1 is 0.909 bits per heavy atom. The Kier molecular flexibility index (Phi) is 12.2. The zero-order valence-corrected chi connectivity index (χ0v) is 12.9. The van der Waals surface area contributed by atoms with Crippen LogP contribution in [0.2, 0.25) is 0 Å². The Balaban J connectivity index is 0. The van der Waals surface area contributed by atoms with E-state index in [2.05, 4.69) is 28.2 Å². The lowest BCUT2D eigenvalue weighted by Gasteiger charge is -2.23. The number of nitrogens with zero attached hydrogens (tertiary/aromatic N) is 1. The Hall–Kier alpha value is -0.350. The summed E-state index contributed by atoms with van der Waals surface area (Å²) in [6, 6.07) is 0. The third-order valence-corrected chi connectivity index (χ3v) is 2.43. The van der Waals surface area contributed by atoms with Crippen LogP contribution in [0.25, 0.3) is 5.32 Å². The normalized spacial score (nSPS) is 12.8. The van der Waals surface area contributed by atoms with Crippen molar-refractivity contribution in [2.24, 2.45) is 0 Å². The van der Waals surface area contributed by atoms with Gasteiger partial charge in [-0.05, 0) is 0 Å². The van der Waals surface area contributed by atoms with E-state index in [0.717, 1.165) is 13.1 Å². The molecule has 0 radical (unpaired) electrons. The maximum absolute atomic E-state index is 11.4. The number of halogens is 6. The molecule has 0 saturated carbocycles. The van der Waals surface area contributed by atoms with Crippen LogP contribution >= 0.6 is 7.82 Å². The van der Waals surface area contributed by atoms with Crippen molar-refractivity contribution >= 4 is 7.82 Å². The minimum absolute atomic E-state index is 1.05. The molecule has 136 valence electrons. The fraction of sp³-hybridized carbons (Fsp3) is 1.00. The molecule has 5 nitrogen and oxygen atoms in total. The Morgan fingerprint density at radius 3 is 1.45 bits per heavy atom. The molecule has 22 heavy (non-hydrogen) atoms. The SMILES string of the molecule is CCC[N-]CCC.O=P([O-])(OCC(F)(F)F)OCC(F)(F)F. The van der Waals surface area contributed by atoms with E-state index in [0.29, 0.717) is 0 Å². The summed E-state index contributed by atoms with van der Waals surface area (Å²) in [5, 5.41) is 4.21. The molecule has 0 heterocycles. The van der Waals surface area contributed by atoms with Crippen LogP contribution in [0.3, 0.4) is 0 Å². The smallest absolute Gasteiger partial charge is 0.412 e. The van der Waals surface area contributed by atoms with Gasteiger partial charge in [0.15, 0.2) is 13.2 Å². The first-order chi connectivity index (χ1) is 9.83. The second-order valence-electron chi connectivity index (χ2n) is 3.90. The summed E-state index contributed by atoms with van der Waals surface area (Å²) >= 11 is 0. The second-order valence-corrected chi connectivity index (χ2v) is 5.31. The van der Waals surface area contributed by atoms with Crippen LogP contribution in [0.15, 0.2) is 0 Å². The Morgan fingerprint density at radius 2 is 1.23 bits per heavy atom. The average molecular weight is 361 g/mol. The maximum Gasteiger partial charge on any atom is 0.412 e. The predicted octanol–water partition coefficient (Wildman–Crippen LogP) is 3.79. The van der Waals surface area contributed by atoms with Crippen LogP contribution in [-0.2, 0) is 13.6 Å². The molecular formula is C10H18F6NO4P-2. The standard InChI is InChI=1S/C6H14N.C4H5F6O4P/c1-3-5-7-6-4-2;5-3(6,7)1-13-15(11,12)14-2-4(8,9)10/h3-6H2,1-2H3;1-2H2,(H,11,12)/q-1;/p-1. The monoisotopic (exact) mass is 361 g/mol. The van der Waals surface area contributed by atoms with E-state index in [1.807, 2.05) is 0 Å². The molecule has 0 aliphatic carbocycles. The van der Waals surface area contributed by atoms with Crippen LogP contribution < -0.4 is 4.89 Å². The number of rotatable bonds is 8. The molecule has 0 aliphatic heterocycles. The van der Waals surface area contributed by atoms with Gasteiger partial charge in [-0.1, -0.05) is 26.7 Å². The van der Waals surface area contributed by atoms with Gasteiger partial charge in [0.25, 0.3) is 7.82 Å². The summed E-state index contributed by atoms with van der Waals surface area (Å²) in [7, 11) is -5.58. The highest BCUT2D eigenvalue weighted by Crippen LogP contribution is 2.41. The van der Waals surface area contributed by atoms with Crippen molar-refractivity contribution in [1.82, 2.24) is 0 Å². The lowest BCUT2D eigenvalue weighted by molar-refractivity contribution is -0.251. The first-order valence-electron chi connectivity index (χ1n) is 6.20. The van der Waals surface area contributed by atoms with Crippen LogP contribution in [0.1, 0.15) is 26.7 Å². The van der Waals surface area contributed by atoms with E-state index in [-0.39, 0.29) is 0 Å². The zero-order valence-electron chi connectivity index (χ0n) is 12.0. The van der Waals surface area contributed by atoms with Crippen LogP contribution in [0, 0.1) is 0 Å². The largest absolute Gasteiger partial charge is 0.756 e. The van der Waals surface area contributed by atoms with E-state index in [1.54, 1.807) is 0 Å². The molecule has 0 amide bonds. The van der Waals surface area contributed by atoms with Gasteiger partial charge in [0.2, 0.25) is 0 Å². The molecule has 0 atom stereocenters. The van der Waals surface area contributed by atoms with Gasteiger partial charge in [-0.25, -0.2) is 0 Å². The van der Waals surface area contributed by atoms with Crippen LogP contribution in [-0.4, -0.2) is 38.7 Å². The van der Waals surface area contributed by atoms with Crippen molar-refractivity contribution < 1.29 is 44.8 Å². The first kappa shape index (κ1) is 23.9. The minimum Gasteiger partial charge on any atom is -0.756 e. The molecule has 0 rings (SSSR count). The maximum atomic E-state index is 11.4. The lowest BCUT2D eigenvalue weighted by Crippen LogP contribution is -2.23. The molecule has 12 heteroatoms. The molecule has 0 saturated heterocycles. The van der Waals surface area contributed by atoms with Gasteiger partial charge in [-0.3, -0.25) is 4.57 Å². The number of hydrogen-bond acceptors (Lipinski definition) is 4. The van der Waals surface area contributed by atoms with E-state index in [1.165, 1.54) is 12.8 Å². The average Bonchev–Trinajstić information content (AvgIpc) is 2.35. The zero-order chi connectivity index (χ0) is 17.9. The molecule has 0 aromatic carbocycles. The van der Waals surface area contributed by atoms with Crippen molar-refractivity contribution in [2.45, 2.75) is 39.0 Å². The van der Waals surface area contributed by atoms with E-state index < -0.39 is 33.4 Å². The summed E-state index contributed by atoms with van der Waals surface area (Å²) < 4.78 is 85.0. The highest BCUT2D eigenvalue weighted by Gasteiger charge is 2.33. The first-order valence-corrected chi connectivity index (χ1v) is 7.66. The molecule has 0 fully saturated rings. The Bertz CT molecular complexity index is 298. The van der Waals surface area contributed by atoms with Gasteiger partial charge in [-0.2, -0.15) is 26.3 Å². The van der Waals surface area contributed by atoms with Gasteiger partial charge in [0.05, 0.1) is 0 Å². The molecule has 0 aromatic heterocycles. The van der Waals surface area contributed by atoms with Gasteiger partial charge < -0.3 is 19.3 Å². The Labute approximate surface area is 124 Å². The second kappa shape index (κ2) is 11.2. The number of hydrogen-bond donors (Lipinski definition) is 0. The van der Waals surface area contributed by atoms with Crippen molar-refractivity contribution in [3.8, 4) is 0 Å². The van der Waals surface area contributed by atoms with Crippen molar-refractivity contribution in [2.75, 3.05) is 26.3 Å². The fourth-order valence-corrected chi connectivity index (χ4v) is 1.45. The topological polar surface area (TPSA) is 72.7 Å². The molecule has 0 N–H and O–H groups in total. The third-order valence-electron chi connectivity index (χ3n) is 1.54. The fourth-order valence-electron chi connectivity index (χ4n) is 0.770. The lowest BCUT2D eigenvalue weighted by atomic mass is 10.4. The summed E-state index contributed by atoms with van der Waals surface area (Å²) in [6.45, 7) is 1.94. The van der Waals surface area contributed by atoms with Gasteiger partial charge >= 0.3 is 12.4 Å². The van der Waals surface area contributed by atoms with Crippen molar-refractivity contribution in [1.29, 1.82) is 0 Å². The van der Waals surface area contributed by atoms with E-state index in [9.17, 15) is 35.8 Å². The number of phosphoric ester groups is 1. The predicted molar refractivity (Wildman–Crippen MR) is 65.3 cm³/mol. The van der Waals surface area contributed by atoms with Crippen molar-refractivity contribution in [3.05, 3.63) is 5.32 Å². The molecular weight excluding hydrogens is 343 g/mol. The van der Waals surface area contributed by atoms with Crippen molar-refractivity contribution in [3.63, 3.8) is 0 Å². The number of phosphoric acid groups is 1. The van der Waals surface area contributed by atoms with Crippen LogP contribution in [0.5, 0.6) is 0 Å². The number of alkyl halides is 6. The van der Waals surface area contributed by atoms with Gasteiger partial charge in [0, 0.05) is 0 Å². The van der Waals surface area contributed by atoms with E-state index >= 15 is 0 Å². The van der Waals surface area contributed by atoms with Gasteiger partial charge in [0.1, 0.15) is 0 Å². The third kappa shape index (κ3) is 21.9. The van der Waals surface area contributed by atoms with Gasteiger partial charge in [-0.15, -0.1) is 13.1 Å². The molecule has 0 unspecified atom stereocenters. The molecule has 0 bridgehead atoms. The molecule has 0 aliphatic rings. The minimum atomic E-state index is -5.58. The van der Waals surface area contributed by atoms with Crippen LogP contribution in [0.4, 0.5) is 26.3 Å². The highest BCUT2D eigenvalue weighted by molar-refractivity contribution is 7.45. The highest BCUT2D eigenvalue weighted by atomic mass is 31.2. The molecule has 0 aromatic rings. The van der Waals surface area contributed by atoms with E-state index in [4.69, 9.17) is 0 Å². The molecule has 0 spiro atoms. The summed E-state index contributed by atoms with van der Waals surface area (Å²) in [6.07, 6.45) is -7.55.